The normalized spacial score (nSPS) is 10.4. The maximum absolute atomic E-state index is 13.5. The van der Waals surface area contributed by atoms with E-state index in [1.54, 1.807) is 12.1 Å². The van der Waals surface area contributed by atoms with E-state index in [2.05, 4.69) is 0 Å². The number of hydrogen-bond acceptors (Lipinski definition) is 2. The molecule has 0 atom stereocenters. The van der Waals surface area contributed by atoms with Crippen molar-refractivity contribution in [2.24, 2.45) is 0 Å². The van der Waals surface area contributed by atoms with Crippen LogP contribution < -0.4 is 5.73 Å². The topological polar surface area (TPSA) is 43.1 Å². The molecular weight excluding hydrogens is 243 g/mol. The highest BCUT2D eigenvalue weighted by molar-refractivity contribution is 6.12. The van der Waals surface area contributed by atoms with E-state index in [4.69, 9.17) is 5.73 Å². The van der Waals surface area contributed by atoms with Crippen molar-refractivity contribution in [2.75, 3.05) is 5.73 Å². The van der Waals surface area contributed by atoms with Crippen molar-refractivity contribution in [3.63, 3.8) is 0 Å². The number of nitrogen functional groups attached to an aromatic ring is 1. The summed E-state index contributed by atoms with van der Waals surface area (Å²) >= 11 is 0. The summed E-state index contributed by atoms with van der Waals surface area (Å²) in [7, 11) is 0. The minimum Gasteiger partial charge on any atom is -0.398 e. The number of nitrogens with two attached hydrogens (primary N) is 1. The Kier molecular flexibility index (Phi) is 3.06. The van der Waals surface area contributed by atoms with Crippen LogP contribution in [0.4, 0.5) is 18.9 Å². The van der Waals surface area contributed by atoms with Crippen molar-refractivity contribution < 1.29 is 18.0 Å². The van der Waals surface area contributed by atoms with Gasteiger partial charge in [0, 0.05) is 11.3 Å². The lowest BCUT2D eigenvalue weighted by Gasteiger charge is -2.06. The molecule has 0 radical (unpaired) electrons. The van der Waals surface area contributed by atoms with Crippen LogP contribution in [0.1, 0.15) is 15.9 Å². The summed E-state index contributed by atoms with van der Waals surface area (Å²) in [6, 6.07) is 7.59. The molecule has 2 aromatic carbocycles. The van der Waals surface area contributed by atoms with Gasteiger partial charge in [0.2, 0.25) is 0 Å². The van der Waals surface area contributed by atoms with Gasteiger partial charge < -0.3 is 5.73 Å². The minimum absolute atomic E-state index is 0.0439. The second-order valence-corrected chi connectivity index (χ2v) is 3.64. The number of carbonyl (C=O) groups is 1. The number of ketones is 1. The van der Waals surface area contributed by atoms with Gasteiger partial charge in [-0.15, -0.1) is 0 Å². The Morgan fingerprint density at radius 1 is 0.889 bits per heavy atom. The molecule has 5 heteroatoms. The molecule has 0 amide bonds. The molecule has 0 heterocycles. The molecule has 0 aliphatic heterocycles. The first-order chi connectivity index (χ1) is 8.52. The summed E-state index contributed by atoms with van der Waals surface area (Å²) < 4.78 is 39.2. The van der Waals surface area contributed by atoms with Crippen LogP contribution in [0, 0.1) is 17.5 Å². The standard InChI is InChI=1S/C13H8F3NO/c14-9-6-5-8(11(15)12(9)16)13(18)7-3-1-2-4-10(7)17/h1-6H,17H2. The van der Waals surface area contributed by atoms with Crippen molar-refractivity contribution in [2.45, 2.75) is 0 Å². The molecule has 0 unspecified atom stereocenters. The first kappa shape index (κ1) is 12.2. The van der Waals surface area contributed by atoms with Crippen molar-refractivity contribution in [3.05, 3.63) is 65.0 Å². The largest absolute Gasteiger partial charge is 0.398 e. The van der Waals surface area contributed by atoms with Crippen LogP contribution in [0.25, 0.3) is 0 Å². The van der Waals surface area contributed by atoms with Crippen molar-refractivity contribution in [3.8, 4) is 0 Å². The summed E-state index contributed by atoms with van der Waals surface area (Å²) in [5.74, 6) is -5.31. The van der Waals surface area contributed by atoms with Crippen LogP contribution >= 0.6 is 0 Å². The van der Waals surface area contributed by atoms with Gasteiger partial charge in [0.05, 0.1) is 5.56 Å². The van der Waals surface area contributed by atoms with E-state index >= 15 is 0 Å². The average molecular weight is 251 g/mol. The monoisotopic (exact) mass is 251 g/mol. The number of anilines is 1. The van der Waals surface area contributed by atoms with Crippen LogP contribution in [0.5, 0.6) is 0 Å². The highest BCUT2D eigenvalue weighted by atomic mass is 19.2. The van der Waals surface area contributed by atoms with Crippen LogP contribution in [0.15, 0.2) is 36.4 Å². The van der Waals surface area contributed by atoms with Crippen molar-refractivity contribution in [1.29, 1.82) is 0 Å². The molecule has 0 aromatic heterocycles. The zero-order valence-corrected chi connectivity index (χ0v) is 9.08. The van der Waals surface area contributed by atoms with Gasteiger partial charge in [0.1, 0.15) is 0 Å². The third-order valence-corrected chi connectivity index (χ3v) is 2.49. The van der Waals surface area contributed by atoms with Gasteiger partial charge in [0.25, 0.3) is 0 Å². The molecule has 0 spiro atoms. The minimum atomic E-state index is -1.67. The Bertz CT molecular complexity index is 626. The lowest BCUT2D eigenvalue weighted by molar-refractivity contribution is 0.103. The van der Waals surface area contributed by atoms with E-state index in [-0.39, 0.29) is 11.3 Å². The molecule has 2 rings (SSSR count). The number of halogens is 3. The molecule has 92 valence electrons. The number of rotatable bonds is 2. The second-order valence-electron chi connectivity index (χ2n) is 3.64. The fraction of sp³-hybridized carbons (Fsp3) is 0. The molecular formula is C13H8F3NO. The number of hydrogen-bond donors (Lipinski definition) is 1. The predicted octanol–water partition coefficient (Wildman–Crippen LogP) is 2.92. The predicted molar refractivity (Wildman–Crippen MR) is 60.6 cm³/mol. The lowest BCUT2D eigenvalue weighted by atomic mass is 10.0. The molecule has 0 saturated carbocycles. The molecule has 0 aliphatic carbocycles. The smallest absolute Gasteiger partial charge is 0.198 e. The number of benzene rings is 2. The Labute approximate surface area is 101 Å². The number of para-hydroxylation sites is 1. The van der Waals surface area contributed by atoms with Gasteiger partial charge in [0.15, 0.2) is 23.2 Å². The first-order valence-corrected chi connectivity index (χ1v) is 5.05. The van der Waals surface area contributed by atoms with E-state index in [1.165, 1.54) is 12.1 Å². The van der Waals surface area contributed by atoms with E-state index in [0.717, 1.165) is 6.07 Å². The molecule has 0 aliphatic rings. The van der Waals surface area contributed by atoms with Crippen LogP contribution in [-0.2, 0) is 0 Å². The summed E-state index contributed by atoms with van der Waals surface area (Å²) in [6.07, 6.45) is 0. The highest BCUT2D eigenvalue weighted by Crippen LogP contribution is 2.21. The maximum Gasteiger partial charge on any atom is 0.198 e. The Hall–Kier alpha value is -2.30. The first-order valence-electron chi connectivity index (χ1n) is 5.05. The Morgan fingerprint density at radius 2 is 1.56 bits per heavy atom. The summed E-state index contributed by atoms with van der Waals surface area (Å²) in [5.41, 5.74) is 5.21. The van der Waals surface area contributed by atoms with Gasteiger partial charge in [-0.1, -0.05) is 12.1 Å². The highest BCUT2D eigenvalue weighted by Gasteiger charge is 2.20. The lowest BCUT2D eigenvalue weighted by Crippen LogP contribution is -2.09. The molecule has 2 nitrogen and oxygen atoms in total. The zero-order valence-electron chi connectivity index (χ0n) is 9.08. The fourth-order valence-electron chi connectivity index (χ4n) is 1.55. The van der Waals surface area contributed by atoms with Gasteiger partial charge in [-0.2, -0.15) is 0 Å². The summed E-state index contributed by atoms with van der Waals surface area (Å²) in [5, 5.41) is 0. The van der Waals surface area contributed by atoms with E-state index in [1.807, 2.05) is 0 Å². The Morgan fingerprint density at radius 3 is 2.22 bits per heavy atom. The number of carbonyl (C=O) groups excluding carboxylic acids is 1. The Balaban J connectivity index is 2.54. The van der Waals surface area contributed by atoms with Gasteiger partial charge >= 0.3 is 0 Å². The van der Waals surface area contributed by atoms with Crippen molar-refractivity contribution >= 4 is 11.5 Å². The van der Waals surface area contributed by atoms with Gasteiger partial charge in [-0.25, -0.2) is 13.2 Å². The summed E-state index contributed by atoms with van der Waals surface area (Å²) in [6.45, 7) is 0. The second kappa shape index (κ2) is 4.52. The maximum atomic E-state index is 13.5. The molecule has 2 N–H and O–H groups in total. The third kappa shape index (κ3) is 1.95. The van der Waals surface area contributed by atoms with E-state index < -0.39 is 28.8 Å². The molecule has 0 bridgehead atoms. The van der Waals surface area contributed by atoms with Crippen molar-refractivity contribution in [1.82, 2.24) is 0 Å². The molecule has 0 fully saturated rings. The molecule has 18 heavy (non-hydrogen) atoms. The molecule has 0 saturated heterocycles. The van der Waals surface area contributed by atoms with Crippen LogP contribution in [-0.4, -0.2) is 5.78 Å². The fourth-order valence-corrected chi connectivity index (χ4v) is 1.55. The van der Waals surface area contributed by atoms with E-state index in [0.29, 0.717) is 6.07 Å². The van der Waals surface area contributed by atoms with Crippen LogP contribution in [0.2, 0.25) is 0 Å². The molecule has 2 aromatic rings. The van der Waals surface area contributed by atoms with E-state index in [9.17, 15) is 18.0 Å². The summed E-state index contributed by atoms with van der Waals surface area (Å²) in [4.78, 5) is 11.9. The van der Waals surface area contributed by atoms with Gasteiger partial charge in [-0.05, 0) is 24.3 Å². The third-order valence-electron chi connectivity index (χ3n) is 2.49. The van der Waals surface area contributed by atoms with Gasteiger partial charge in [-0.3, -0.25) is 4.79 Å². The zero-order chi connectivity index (χ0) is 13.3. The quantitative estimate of drug-likeness (QED) is 0.506. The average Bonchev–Trinajstić information content (AvgIpc) is 2.36. The van der Waals surface area contributed by atoms with Crippen LogP contribution in [0.3, 0.4) is 0 Å². The SMILES string of the molecule is Nc1ccccc1C(=O)c1ccc(F)c(F)c1F.